The highest BCUT2D eigenvalue weighted by Crippen LogP contribution is 2.43. The van der Waals surface area contributed by atoms with Gasteiger partial charge in [-0.3, -0.25) is 0 Å². The van der Waals surface area contributed by atoms with Crippen molar-refractivity contribution < 1.29 is 4.74 Å². The number of hydrogen-bond acceptors (Lipinski definition) is 3. The molecule has 0 radical (unpaired) electrons. The van der Waals surface area contributed by atoms with Crippen LogP contribution in [0.1, 0.15) is 47.5 Å². The highest BCUT2D eigenvalue weighted by Gasteiger charge is 2.53. The maximum atomic E-state index is 6.31. The molecule has 3 heteroatoms. The average Bonchev–Trinajstić information content (AvgIpc) is 2.68. The zero-order chi connectivity index (χ0) is 13.6. The molecular weight excluding hydrogens is 224 g/mol. The topological polar surface area (TPSA) is 24.5 Å². The smallest absolute Gasteiger partial charge is 0.0790 e. The first-order valence-corrected chi connectivity index (χ1v) is 7.39. The maximum Gasteiger partial charge on any atom is 0.0790 e. The van der Waals surface area contributed by atoms with Crippen molar-refractivity contribution in [1.29, 1.82) is 0 Å². The monoisotopic (exact) mass is 254 g/mol. The van der Waals surface area contributed by atoms with Crippen molar-refractivity contribution in [2.45, 2.75) is 70.7 Å². The first-order valence-electron chi connectivity index (χ1n) is 7.39. The lowest BCUT2D eigenvalue weighted by Gasteiger charge is -2.34. The van der Waals surface area contributed by atoms with Crippen molar-refractivity contribution >= 4 is 0 Å². The molecule has 2 saturated heterocycles. The van der Waals surface area contributed by atoms with Crippen LogP contribution in [0.5, 0.6) is 0 Å². The second-order valence-corrected chi connectivity index (χ2v) is 7.17. The van der Waals surface area contributed by atoms with E-state index in [9.17, 15) is 0 Å². The summed E-state index contributed by atoms with van der Waals surface area (Å²) < 4.78 is 6.31. The molecule has 3 nitrogen and oxygen atoms in total. The van der Waals surface area contributed by atoms with Gasteiger partial charge in [-0.15, -0.1) is 0 Å². The summed E-state index contributed by atoms with van der Waals surface area (Å²) in [6.07, 6.45) is 2.70. The van der Waals surface area contributed by atoms with Gasteiger partial charge in [-0.25, -0.2) is 0 Å². The lowest BCUT2D eigenvalue weighted by molar-refractivity contribution is -0.0795. The van der Waals surface area contributed by atoms with Crippen LogP contribution in [0.15, 0.2) is 0 Å². The van der Waals surface area contributed by atoms with Gasteiger partial charge in [-0.1, -0.05) is 0 Å². The van der Waals surface area contributed by atoms with Crippen LogP contribution in [-0.2, 0) is 4.74 Å². The van der Waals surface area contributed by atoms with Crippen molar-refractivity contribution in [3.63, 3.8) is 0 Å². The molecule has 0 saturated carbocycles. The predicted molar refractivity (Wildman–Crippen MR) is 75.8 cm³/mol. The van der Waals surface area contributed by atoms with E-state index in [1.807, 2.05) is 0 Å². The first-order chi connectivity index (χ1) is 8.28. The molecule has 2 rings (SSSR count). The quantitative estimate of drug-likeness (QED) is 0.836. The van der Waals surface area contributed by atoms with Crippen LogP contribution in [-0.4, -0.2) is 48.3 Å². The molecule has 106 valence electrons. The Labute approximate surface area is 112 Å². The second kappa shape index (κ2) is 4.77. The van der Waals surface area contributed by atoms with Gasteiger partial charge >= 0.3 is 0 Å². The predicted octanol–water partition coefficient (Wildman–Crippen LogP) is 2.26. The summed E-state index contributed by atoms with van der Waals surface area (Å²) in [4.78, 5) is 2.64. The molecule has 3 unspecified atom stereocenters. The Morgan fingerprint density at radius 1 is 1.22 bits per heavy atom. The number of hydrogen-bond donors (Lipinski definition) is 1. The van der Waals surface area contributed by atoms with E-state index in [1.165, 1.54) is 19.4 Å². The molecule has 18 heavy (non-hydrogen) atoms. The third-order valence-electron chi connectivity index (χ3n) is 5.00. The molecule has 0 aromatic rings. The lowest BCUT2D eigenvalue weighted by atomic mass is 9.82. The molecule has 0 bridgehead atoms. The number of nitrogens with one attached hydrogen (secondary N) is 1. The van der Waals surface area contributed by atoms with E-state index in [0.29, 0.717) is 12.0 Å². The van der Waals surface area contributed by atoms with Gasteiger partial charge in [0, 0.05) is 24.5 Å². The highest BCUT2D eigenvalue weighted by atomic mass is 16.5. The minimum absolute atomic E-state index is 0.0422. The Morgan fingerprint density at radius 3 is 2.39 bits per heavy atom. The Morgan fingerprint density at radius 2 is 1.89 bits per heavy atom. The fourth-order valence-electron chi connectivity index (χ4n) is 4.09. The van der Waals surface area contributed by atoms with Crippen LogP contribution in [0.3, 0.4) is 0 Å². The Kier molecular flexibility index (Phi) is 3.79. The number of nitrogens with zero attached hydrogens (tertiary/aromatic N) is 1. The molecular formula is C15H30N2O. The number of ether oxygens (including phenoxy) is 1. The van der Waals surface area contributed by atoms with Crippen LogP contribution in [0.2, 0.25) is 0 Å². The molecule has 0 aliphatic carbocycles. The molecule has 0 spiro atoms. The van der Waals surface area contributed by atoms with E-state index in [2.05, 4.69) is 51.9 Å². The van der Waals surface area contributed by atoms with Crippen molar-refractivity contribution in [3.8, 4) is 0 Å². The van der Waals surface area contributed by atoms with Gasteiger partial charge in [0.2, 0.25) is 0 Å². The Balaban J connectivity index is 2.13. The van der Waals surface area contributed by atoms with E-state index in [0.717, 1.165) is 12.6 Å². The van der Waals surface area contributed by atoms with Crippen LogP contribution in [0.4, 0.5) is 0 Å². The normalized spacial score (nSPS) is 39.3. The van der Waals surface area contributed by atoms with Crippen molar-refractivity contribution in [1.82, 2.24) is 10.2 Å². The molecule has 0 amide bonds. The first kappa shape index (κ1) is 14.3. The maximum absolute atomic E-state index is 6.31. The molecule has 3 atom stereocenters. The fraction of sp³-hybridized carbons (Fsp3) is 1.00. The van der Waals surface area contributed by atoms with Crippen LogP contribution in [0.25, 0.3) is 0 Å². The summed E-state index contributed by atoms with van der Waals surface area (Å²) in [5.74, 6) is 0.554. The standard InChI is InChI=1S/C15H30N2O/c1-11-8-7-9-17(11)10-12-13(16-6)15(4,5)18-14(12,2)3/h11-13,16H,7-10H2,1-6H3. The minimum Gasteiger partial charge on any atom is -0.368 e. The second-order valence-electron chi connectivity index (χ2n) is 7.17. The SMILES string of the molecule is CNC1C(CN2CCCC2C)C(C)(C)OC1(C)C. The Bertz CT molecular complexity index is 301. The van der Waals surface area contributed by atoms with Gasteiger partial charge in [0.1, 0.15) is 0 Å². The molecule has 0 aromatic heterocycles. The third kappa shape index (κ3) is 2.45. The molecule has 2 fully saturated rings. The van der Waals surface area contributed by atoms with Gasteiger partial charge in [-0.05, 0) is 61.1 Å². The zero-order valence-electron chi connectivity index (χ0n) is 12.9. The largest absolute Gasteiger partial charge is 0.368 e. The third-order valence-corrected chi connectivity index (χ3v) is 5.00. The van der Waals surface area contributed by atoms with Crippen LogP contribution >= 0.6 is 0 Å². The van der Waals surface area contributed by atoms with Crippen molar-refractivity contribution in [2.75, 3.05) is 20.1 Å². The zero-order valence-corrected chi connectivity index (χ0v) is 12.9. The van der Waals surface area contributed by atoms with E-state index in [-0.39, 0.29) is 11.2 Å². The molecule has 2 aliphatic rings. The van der Waals surface area contributed by atoms with Crippen molar-refractivity contribution in [2.24, 2.45) is 5.92 Å². The average molecular weight is 254 g/mol. The number of rotatable bonds is 3. The van der Waals surface area contributed by atoms with Gasteiger partial charge in [0.05, 0.1) is 11.2 Å². The summed E-state index contributed by atoms with van der Waals surface area (Å²) >= 11 is 0. The van der Waals surface area contributed by atoms with Crippen LogP contribution < -0.4 is 5.32 Å². The molecule has 0 aromatic carbocycles. The summed E-state index contributed by atoms with van der Waals surface area (Å²) in [7, 11) is 2.07. The molecule has 2 aliphatic heterocycles. The van der Waals surface area contributed by atoms with Gasteiger partial charge in [0.15, 0.2) is 0 Å². The van der Waals surface area contributed by atoms with E-state index in [4.69, 9.17) is 4.74 Å². The van der Waals surface area contributed by atoms with Gasteiger partial charge in [-0.2, -0.15) is 0 Å². The fourth-order valence-corrected chi connectivity index (χ4v) is 4.09. The van der Waals surface area contributed by atoms with Crippen LogP contribution in [0, 0.1) is 5.92 Å². The lowest BCUT2D eigenvalue weighted by Crippen LogP contribution is -2.50. The summed E-state index contributed by atoms with van der Waals surface area (Å²) in [5, 5.41) is 3.50. The minimum atomic E-state index is -0.0775. The molecule has 2 heterocycles. The summed E-state index contributed by atoms with van der Waals surface area (Å²) in [6, 6.07) is 1.17. The van der Waals surface area contributed by atoms with E-state index < -0.39 is 0 Å². The highest BCUT2D eigenvalue weighted by molar-refractivity contribution is 5.06. The van der Waals surface area contributed by atoms with Gasteiger partial charge in [0.25, 0.3) is 0 Å². The number of likely N-dealkylation sites (tertiary alicyclic amines) is 1. The Hall–Kier alpha value is -0.120. The van der Waals surface area contributed by atoms with Crippen molar-refractivity contribution in [3.05, 3.63) is 0 Å². The van der Waals surface area contributed by atoms with E-state index in [1.54, 1.807) is 0 Å². The van der Waals surface area contributed by atoms with E-state index >= 15 is 0 Å². The summed E-state index contributed by atoms with van der Waals surface area (Å²) in [5.41, 5.74) is -0.120. The summed E-state index contributed by atoms with van der Waals surface area (Å²) in [6.45, 7) is 13.7. The molecule has 1 N–H and O–H groups in total. The van der Waals surface area contributed by atoms with Gasteiger partial charge < -0.3 is 15.0 Å². The number of likely N-dealkylation sites (N-methyl/N-ethyl adjacent to an activating group) is 1.